The molecule has 0 saturated heterocycles. The molecule has 0 unspecified atom stereocenters. The van der Waals surface area contributed by atoms with Gasteiger partial charge >= 0.3 is 6.03 Å². The van der Waals surface area contributed by atoms with Crippen molar-refractivity contribution in [2.24, 2.45) is 0 Å². The van der Waals surface area contributed by atoms with Crippen LogP contribution in [0.25, 0.3) is 11.4 Å². The second-order valence-corrected chi connectivity index (χ2v) is 10.7. The highest BCUT2D eigenvalue weighted by atomic mass is 32.2. The van der Waals surface area contributed by atoms with Crippen molar-refractivity contribution in [1.82, 2.24) is 29.8 Å². The van der Waals surface area contributed by atoms with Crippen LogP contribution in [0.3, 0.4) is 0 Å². The number of benzene rings is 1. The Bertz CT molecular complexity index is 1070. The summed E-state index contributed by atoms with van der Waals surface area (Å²) < 4.78 is 28.1. The number of nitrogens with one attached hydrogen (secondary N) is 2. The minimum Gasteiger partial charge on any atom is -0.335 e. The van der Waals surface area contributed by atoms with Crippen LogP contribution in [0, 0.1) is 0 Å². The van der Waals surface area contributed by atoms with Gasteiger partial charge in [-0.15, -0.1) is 10.2 Å². The second-order valence-electron chi connectivity index (χ2n) is 7.83. The maximum atomic E-state index is 12.8. The molecule has 1 heterocycles. The second kappa shape index (κ2) is 10.3. The Morgan fingerprint density at radius 3 is 2.44 bits per heavy atom. The molecule has 3 amide bonds. The molecule has 1 aromatic carbocycles. The maximum Gasteiger partial charge on any atom is 0.321 e. The van der Waals surface area contributed by atoms with Gasteiger partial charge in [-0.3, -0.25) is 10.1 Å². The van der Waals surface area contributed by atoms with Gasteiger partial charge in [0.25, 0.3) is 0 Å². The molecule has 0 atom stereocenters. The molecule has 0 fully saturated rings. The number of imide groups is 1. The summed E-state index contributed by atoms with van der Waals surface area (Å²) in [6.45, 7) is 9.65. The zero-order valence-electron chi connectivity index (χ0n) is 18.7. The number of urea groups is 1. The smallest absolute Gasteiger partial charge is 0.321 e. The van der Waals surface area contributed by atoms with Gasteiger partial charge in [-0.05, 0) is 32.9 Å². The first-order chi connectivity index (χ1) is 14.9. The van der Waals surface area contributed by atoms with Crippen molar-refractivity contribution in [3.8, 4) is 11.4 Å². The summed E-state index contributed by atoms with van der Waals surface area (Å²) in [5.41, 5.74) is -0.00831. The fourth-order valence-electron chi connectivity index (χ4n) is 2.75. The van der Waals surface area contributed by atoms with Crippen LogP contribution >= 0.6 is 11.8 Å². The van der Waals surface area contributed by atoms with E-state index in [1.807, 2.05) is 0 Å². The normalized spacial score (nSPS) is 12.1. The number of nitrogen functional groups attached to an aromatic ring is 1. The highest BCUT2D eigenvalue weighted by molar-refractivity contribution is 7.99. The van der Waals surface area contributed by atoms with Crippen molar-refractivity contribution in [1.29, 1.82) is 0 Å². The van der Waals surface area contributed by atoms with Gasteiger partial charge in [-0.2, -0.15) is 4.31 Å². The lowest BCUT2D eigenvalue weighted by molar-refractivity contribution is -0.117. The van der Waals surface area contributed by atoms with Crippen molar-refractivity contribution in [3.63, 3.8) is 0 Å². The lowest BCUT2D eigenvalue weighted by Gasteiger charge is -2.20. The number of amides is 3. The molecule has 2 rings (SSSR count). The third-order valence-electron chi connectivity index (χ3n) is 4.17. The van der Waals surface area contributed by atoms with Gasteiger partial charge in [0, 0.05) is 24.2 Å². The molecular formula is C19H29N7O4S2. The van der Waals surface area contributed by atoms with Gasteiger partial charge in [-0.25, -0.2) is 17.9 Å². The Kier molecular flexibility index (Phi) is 8.26. The first-order valence-corrected chi connectivity index (χ1v) is 12.4. The average Bonchev–Trinajstić information content (AvgIpc) is 3.06. The van der Waals surface area contributed by atoms with E-state index in [-0.39, 0.29) is 21.6 Å². The molecule has 0 bridgehead atoms. The summed E-state index contributed by atoms with van der Waals surface area (Å²) in [6, 6.07) is 5.68. The summed E-state index contributed by atoms with van der Waals surface area (Å²) in [7, 11) is -3.64. The molecule has 0 aliphatic heterocycles. The highest BCUT2D eigenvalue weighted by Gasteiger charge is 2.23. The molecule has 11 nitrogen and oxygen atoms in total. The first kappa shape index (κ1) is 25.6. The van der Waals surface area contributed by atoms with E-state index in [1.165, 1.54) is 21.1 Å². The minimum absolute atomic E-state index is 0.108. The number of nitrogens with zero attached hydrogens (tertiary/aromatic N) is 4. The Morgan fingerprint density at radius 2 is 1.84 bits per heavy atom. The third kappa shape index (κ3) is 6.43. The number of hydrogen-bond donors (Lipinski definition) is 3. The van der Waals surface area contributed by atoms with E-state index < -0.39 is 27.5 Å². The van der Waals surface area contributed by atoms with E-state index in [4.69, 9.17) is 5.84 Å². The molecule has 1 aromatic heterocycles. The van der Waals surface area contributed by atoms with Crippen molar-refractivity contribution in [2.45, 2.75) is 50.2 Å². The number of sulfonamides is 1. The van der Waals surface area contributed by atoms with Crippen LogP contribution in [0.2, 0.25) is 0 Å². The van der Waals surface area contributed by atoms with Crippen LogP contribution in [0.5, 0.6) is 0 Å². The number of carbonyl (C=O) groups excluding carboxylic acids is 2. The van der Waals surface area contributed by atoms with Gasteiger partial charge < -0.3 is 11.2 Å². The SMILES string of the molecule is CCN(CC)S(=O)(=O)c1cccc(-c2nnc(SCC(=O)NC(=O)NC(C)(C)C)n2N)c1. The van der Waals surface area contributed by atoms with Crippen LogP contribution < -0.4 is 16.5 Å². The van der Waals surface area contributed by atoms with Crippen LogP contribution in [-0.4, -0.2) is 63.9 Å². The van der Waals surface area contributed by atoms with Crippen molar-refractivity contribution >= 4 is 33.7 Å². The number of hydrogen-bond acceptors (Lipinski definition) is 8. The van der Waals surface area contributed by atoms with Gasteiger partial charge in [0.2, 0.25) is 21.1 Å². The van der Waals surface area contributed by atoms with E-state index in [2.05, 4.69) is 20.8 Å². The fraction of sp³-hybridized carbons (Fsp3) is 0.474. The first-order valence-electron chi connectivity index (χ1n) is 9.95. The Hall–Kier alpha value is -2.64. The standard InChI is InChI=1S/C19H29N7O4S2/c1-6-25(7-2)32(29,30)14-10-8-9-13(11-14)16-23-24-18(26(16)20)31-12-15(27)21-17(28)22-19(3,4)5/h8-11H,6-7,12,20H2,1-5H3,(H2,21,22,27,28). The minimum atomic E-state index is -3.64. The lowest BCUT2D eigenvalue weighted by atomic mass is 10.1. The van der Waals surface area contributed by atoms with Crippen molar-refractivity contribution < 1.29 is 18.0 Å². The molecule has 2 aromatic rings. The Morgan fingerprint density at radius 1 is 1.19 bits per heavy atom. The number of rotatable bonds is 8. The van der Waals surface area contributed by atoms with E-state index in [9.17, 15) is 18.0 Å². The molecule has 0 spiro atoms. The summed E-state index contributed by atoms with van der Waals surface area (Å²) in [5, 5.41) is 13.1. The van der Waals surface area contributed by atoms with Gasteiger partial charge in [0.05, 0.1) is 10.6 Å². The molecule has 4 N–H and O–H groups in total. The molecule has 0 radical (unpaired) electrons. The highest BCUT2D eigenvalue weighted by Crippen LogP contribution is 2.25. The number of nitrogens with two attached hydrogens (primary N) is 1. The molecule has 13 heteroatoms. The summed E-state index contributed by atoms with van der Waals surface area (Å²) >= 11 is 0.998. The van der Waals surface area contributed by atoms with Crippen LogP contribution in [0.4, 0.5) is 4.79 Å². The summed E-state index contributed by atoms with van der Waals surface area (Å²) in [4.78, 5) is 23.9. The van der Waals surface area contributed by atoms with Gasteiger partial charge in [-0.1, -0.05) is 37.7 Å². The monoisotopic (exact) mass is 483 g/mol. The van der Waals surface area contributed by atoms with Gasteiger partial charge in [0.1, 0.15) is 0 Å². The number of aromatic nitrogens is 3. The Balaban J connectivity index is 2.13. The summed E-state index contributed by atoms with van der Waals surface area (Å²) in [6.07, 6.45) is 0. The molecule has 0 aliphatic rings. The quantitative estimate of drug-likeness (QED) is 0.376. The number of carbonyl (C=O) groups is 2. The largest absolute Gasteiger partial charge is 0.335 e. The summed E-state index contributed by atoms with van der Waals surface area (Å²) in [5.74, 6) is 5.70. The molecular weight excluding hydrogens is 454 g/mol. The molecule has 0 aliphatic carbocycles. The fourth-order valence-corrected chi connectivity index (χ4v) is 4.91. The maximum absolute atomic E-state index is 12.8. The van der Waals surface area contributed by atoms with E-state index in [0.717, 1.165) is 11.8 Å². The Labute approximate surface area is 192 Å². The van der Waals surface area contributed by atoms with E-state index >= 15 is 0 Å². The molecule has 0 saturated carbocycles. The zero-order valence-corrected chi connectivity index (χ0v) is 20.4. The van der Waals surface area contributed by atoms with E-state index in [1.54, 1.807) is 46.8 Å². The number of thioether (sulfide) groups is 1. The van der Waals surface area contributed by atoms with Crippen molar-refractivity contribution in [3.05, 3.63) is 24.3 Å². The van der Waals surface area contributed by atoms with Crippen LogP contribution in [-0.2, 0) is 14.8 Å². The lowest BCUT2D eigenvalue weighted by Crippen LogP contribution is -2.48. The predicted molar refractivity (Wildman–Crippen MR) is 123 cm³/mol. The zero-order chi connectivity index (χ0) is 24.1. The van der Waals surface area contributed by atoms with E-state index in [0.29, 0.717) is 18.7 Å². The average molecular weight is 484 g/mol. The molecule has 32 heavy (non-hydrogen) atoms. The van der Waals surface area contributed by atoms with Crippen LogP contribution in [0.1, 0.15) is 34.6 Å². The topological polar surface area (TPSA) is 152 Å². The predicted octanol–water partition coefficient (Wildman–Crippen LogP) is 1.41. The third-order valence-corrected chi connectivity index (χ3v) is 7.16. The molecule has 176 valence electrons. The van der Waals surface area contributed by atoms with Gasteiger partial charge in [0.15, 0.2) is 5.82 Å². The van der Waals surface area contributed by atoms with Crippen LogP contribution in [0.15, 0.2) is 34.3 Å². The van der Waals surface area contributed by atoms with Crippen molar-refractivity contribution in [2.75, 3.05) is 24.7 Å².